The second kappa shape index (κ2) is 5.66. The highest BCUT2D eigenvalue weighted by Crippen LogP contribution is 2.21. The Labute approximate surface area is 105 Å². The Morgan fingerprint density at radius 2 is 1.88 bits per heavy atom. The molecule has 2 N–H and O–H groups in total. The molecule has 0 saturated carbocycles. The molecule has 1 aromatic carbocycles. The van der Waals surface area contributed by atoms with Crippen molar-refractivity contribution in [3.8, 4) is 11.6 Å². The number of hydrogen-bond acceptors (Lipinski definition) is 3. The van der Waals surface area contributed by atoms with Gasteiger partial charge in [-0.15, -0.1) is 0 Å². The van der Waals surface area contributed by atoms with Gasteiger partial charge in [0.25, 0.3) is 0 Å². The molecule has 0 atom stereocenters. The lowest BCUT2D eigenvalue weighted by Gasteiger charge is -2.05. The van der Waals surface area contributed by atoms with Crippen molar-refractivity contribution in [3.63, 3.8) is 0 Å². The van der Waals surface area contributed by atoms with Crippen LogP contribution in [-0.2, 0) is 6.42 Å². The van der Waals surface area contributed by atoms with Crippen molar-refractivity contribution in [2.24, 2.45) is 5.73 Å². The third kappa shape index (κ3) is 3.44. The fourth-order valence-electron chi connectivity index (χ4n) is 1.41. The number of rotatable bonds is 4. The summed E-state index contributed by atoms with van der Waals surface area (Å²) in [7, 11) is 0. The zero-order valence-corrected chi connectivity index (χ0v) is 10.0. The van der Waals surface area contributed by atoms with Crippen LogP contribution in [0.5, 0.6) is 11.6 Å². The summed E-state index contributed by atoms with van der Waals surface area (Å²) in [5.74, 6) is 1.28. The van der Waals surface area contributed by atoms with Crippen molar-refractivity contribution >= 4 is 11.6 Å². The number of halogens is 1. The van der Waals surface area contributed by atoms with E-state index < -0.39 is 0 Å². The van der Waals surface area contributed by atoms with Crippen molar-refractivity contribution in [3.05, 3.63) is 53.2 Å². The fraction of sp³-hybridized carbons (Fsp3) is 0.154. The van der Waals surface area contributed by atoms with Crippen LogP contribution in [0.15, 0.2) is 42.6 Å². The summed E-state index contributed by atoms with van der Waals surface area (Å²) >= 11 is 5.79. The first kappa shape index (κ1) is 11.9. The first-order chi connectivity index (χ1) is 8.28. The standard InChI is InChI=1S/C13H13ClN2O/c14-11-2-4-12(5-3-11)17-13-6-1-10(7-8-15)9-16-13/h1-6,9H,7-8,15H2. The van der Waals surface area contributed by atoms with Crippen molar-refractivity contribution in [2.75, 3.05) is 6.54 Å². The Balaban J connectivity index is 2.05. The van der Waals surface area contributed by atoms with Gasteiger partial charge in [-0.25, -0.2) is 4.98 Å². The number of ether oxygens (including phenoxy) is 1. The highest BCUT2D eigenvalue weighted by molar-refractivity contribution is 6.30. The first-order valence-corrected chi connectivity index (χ1v) is 5.74. The predicted octanol–water partition coefficient (Wildman–Crippen LogP) is 3.03. The predicted molar refractivity (Wildman–Crippen MR) is 68.5 cm³/mol. The van der Waals surface area contributed by atoms with E-state index in [1.54, 1.807) is 30.5 Å². The van der Waals surface area contributed by atoms with Crippen LogP contribution in [0.2, 0.25) is 5.02 Å². The molecule has 4 heteroatoms. The highest BCUT2D eigenvalue weighted by Gasteiger charge is 1.99. The van der Waals surface area contributed by atoms with Crippen LogP contribution in [0, 0.1) is 0 Å². The average molecular weight is 249 g/mol. The number of hydrogen-bond donors (Lipinski definition) is 1. The van der Waals surface area contributed by atoms with E-state index >= 15 is 0 Å². The first-order valence-electron chi connectivity index (χ1n) is 5.36. The zero-order valence-electron chi connectivity index (χ0n) is 9.27. The second-order valence-electron chi connectivity index (χ2n) is 3.60. The number of nitrogens with zero attached hydrogens (tertiary/aromatic N) is 1. The van der Waals surface area contributed by atoms with Gasteiger partial charge in [0.1, 0.15) is 5.75 Å². The lowest BCUT2D eigenvalue weighted by Crippen LogP contribution is -2.02. The Bertz CT molecular complexity index is 468. The highest BCUT2D eigenvalue weighted by atomic mass is 35.5. The van der Waals surface area contributed by atoms with Crippen LogP contribution in [0.4, 0.5) is 0 Å². The third-order valence-corrected chi connectivity index (χ3v) is 2.52. The van der Waals surface area contributed by atoms with Gasteiger partial charge in [0.15, 0.2) is 0 Å². The zero-order chi connectivity index (χ0) is 12.1. The van der Waals surface area contributed by atoms with E-state index in [2.05, 4.69) is 4.98 Å². The molecule has 88 valence electrons. The van der Waals surface area contributed by atoms with Crippen LogP contribution < -0.4 is 10.5 Å². The quantitative estimate of drug-likeness (QED) is 0.905. The molecule has 1 heterocycles. The lowest BCUT2D eigenvalue weighted by molar-refractivity contribution is 0.462. The van der Waals surface area contributed by atoms with E-state index in [1.807, 2.05) is 12.1 Å². The van der Waals surface area contributed by atoms with Gasteiger partial charge < -0.3 is 10.5 Å². The molecule has 0 aliphatic carbocycles. The second-order valence-corrected chi connectivity index (χ2v) is 4.04. The smallest absolute Gasteiger partial charge is 0.219 e. The maximum atomic E-state index is 5.79. The maximum absolute atomic E-state index is 5.79. The Morgan fingerprint density at radius 1 is 1.12 bits per heavy atom. The van der Waals surface area contributed by atoms with Gasteiger partial charge in [0, 0.05) is 17.3 Å². The molecule has 2 rings (SSSR count). The SMILES string of the molecule is NCCc1ccc(Oc2ccc(Cl)cc2)nc1. The molecule has 3 nitrogen and oxygen atoms in total. The van der Waals surface area contributed by atoms with Gasteiger partial charge in [0.2, 0.25) is 5.88 Å². The molecular weight excluding hydrogens is 236 g/mol. The van der Waals surface area contributed by atoms with Gasteiger partial charge in [-0.3, -0.25) is 0 Å². The van der Waals surface area contributed by atoms with Crippen molar-refractivity contribution < 1.29 is 4.74 Å². The van der Waals surface area contributed by atoms with E-state index in [0.717, 1.165) is 12.0 Å². The van der Waals surface area contributed by atoms with Gasteiger partial charge in [-0.1, -0.05) is 17.7 Å². The Morgan fingerprint density at radius 3 is 2.47 bits per heavy atom. The minimum atomic E-state index is 0.563. The van der Waals surface area contributed by atoms with Gasteiger partial charge in [-0.2, -0.15) is 0 Å². The molecule has 0 fully saturated rings. The summed E-state index contributed by atoms with van der Waals surface area (Å²) in [5.41, 5.74) is 6.57. The monoisotopic (exact) mass is 248 g/mol. The van der Waals surface area contributed by atoms with Gasteiger partial charge >= 0.3 is 0 Å². The summed E-state index contributed by atoms with van der Waals surface area (Å²) in [6.07, 6.45) is 2.60. The molecule has 0 bridgehead atoms. The molecule has 0 radical (unpaired) electrons. The molecule has 0 amide bonds. The fourth-order valence-corrected chi connectivity index (χ4v) is 1.54. The van der Waals surface area contributed by atoms with Crippen LogP contribution in [-0.4, -0.2) is 11.5 Å². The molecule has 0 saturated heterocycles. The Hall–Kier alpha value is -1.58. The van der Waals surface area contributed by atoms with E-state index in [9.17, 15) is 0 Å². The number of aromatic nitrogens is 1. The van der Waals surface area contributed by atoms with E-state index in [1.165, 1.54) is 0 Å². The lowest BCUT2D eigenvalue weighted by atomic mass is 10.2. The van der Waals surface area contributed by atoms with Crippen LogP contribution in [0.1, 0.15) is 5.56 Å². The number of nitrogens with two attached hydrogens (primary N) is 1. The number of pyridine rings is 1. The molecule has 0 unspecified atom stereocenters. The van der Waals surface area contributed by atoms with Crippen molar-refractivity contribution in [2.45, 2.75) is 6.42 Å². The molecular formula is C13H13ClN2O. The third-order valence-electron chi connectivity index (χ3n) is 2.27. The number of benzene rings is 1. The molecule has 0 aliphatic heterocycles. The van der Waals surface area contributed by atoms with E-state index in [0.29, 0.717) is 23.2 Å². The molecule has 0 aliphatic rings. The topological polar surface area (TPSA) is 48.1 Å². The van der Waals surface area contributed by atoms with Crippen LogP contribution in [0.3, 0.4) is 0 Å². The summed E-state index contributed by atoms with van der Waals surface area (Å²) in [6, 6.07) is 11.0. The molecule has 1 aromatic heterocycles. The van der Waals surface area contributed by atoms with Crippen molar-refractivity contribution in [1.82, 2.24) is 4.98 Å². The molecule has 0 spiro atoms. The van der Waals surface area contributed by atoms with Crippen LogP contribution >= 0.6 is 11.6 Å². The maximum Gasteiger partial charge on any atom is 0.219 e. The van der Waals surface area contributed by atoms with E-state index in [-0.39, 0.29) is 0 Å². The summed E-state index contributed by atoms with van der Waals surface area (Å²) in [4.78, 5) is 4.20. The molecule has 2 aromatic rings. The largest absolute Gasteiger partial charge is 0.439 e. The minimum Gasteiger partial charge on any atom is -0.439 e. The average Bonchev–Trinajstić information content (AvgIpc) is 2.35. The van der Waals surface area contributed by atoms with Crippen LogP contribution in [0.25, 0.3) is 0 Å². The summed E-state index contributed by atoms with van der Waals surface area (Å²) < 4.78 is 5.57. The van der Waals surface area contributed by atoms with E-state index in [4.69, 9.17) is 22.1 Å². The van der Waals surface area contributed by atoms with Gasteiger partial charge in [0.05, 0.1) is 0 Å². The van der Waals surface area contributed by atoms with Gasteiger partial charge in [-0.05, 0) is 42.8 Å². The Kier molecular flexibility index (Phi) is 3.96. The summed E-state index contributed by atoms with van der Waals surface area (Å²) in [6.45, 7) is 0.624. The van der Waals surface area contributed by atoms with Crippen molar-refractivity contribution in [1.29, 1.82) is 0 Å². The minimum absolute atomic E-state index is 0.563. The molecule has 17 heavy (non-hydrogen) atoms. The summed E-state index contributed by atoms with van der Waals surface area (Å²) in [5, 5.41) is 0.684. The normalized spacial score (nSPS) is 10.2.